The Bertz CT molecular complexity index is 669. The van der Waals surface area contributed by atoms with Gasteiger partial charge in [-0.3, -0.25) is 0 Å². The smallest absolute Gasteiger partial charge is 0.339 e. The van der Waals surface area contributed by atoms with Crippen molar-refractivity contribution in [3.05, 3.63) is 35.0 Å². The zero-order chi connectivity index (χ0) is 13.3. The van der Waals surface area contributed by atoms with Gasteiger partial charge in [0, 0.05) is 5.69 Å². The number of hydrogen-bond acceptors (Lipinski definition) is 5. The molecule has 0 bridgehead atoms. The van der Waals surface area contributed by atoms with Crippen LogP contribution in [0.2, 0.25) is 0 Å². The molecule has 0 radical (unpaired) electrons. The second-order valence-electron chi connectivity index (χ2n) is 3.71. The fraction of sp³-hybridized carbons (Fsp3) is 0.182. The third-order valence-corrected chi connectivity index (χ3v) is 2.35. The molecular weight excluding hydrogens is 234 g/mol. The highest BCUT2D eigenvalue weighted by molar-refractivity contribution is 5.92. The van der Waals surface area contributed by atoms with Gasteiger partial charge in [0.25, 0.3) is 5.82 Å². The molecule has 0 spiro atoms. The third-order valence-electron chi connectivity index (χ3n) is 2.35. The number of hydrogen-bond donors (Lipinski definition) is 1. The molecule has 0 saturated heterocycles. The van der Waals surface area contributed by atoms with Crippen LogP contribution >= 0.6 is 0 Å². The number of aromatic nitrogens is 4. The summed E-state index contributed by atoms with van der Waals surface area (Å²) < 4.78 is 1.20. The molecule has 0 aromatic carbocycles. The van der Waals surface area contributed by atoms with E-state index in [2.05, 4.69) is 15.1 Å². The van der Waals surface area contributed by atoms with Gasteiger partial charge in [0.05, 0.1) is 0 Å². The number of aryl methyl sites for hydroxylation is 2. The molecular formula is C11H9N5O2. The lowest BCUT2D eigenvalue weighted by molar-refractivity contribution is 0.0695. The van der Waals surface area contributed by atoms with Crippen LogP contribution in [0.1, 0.15) is 27.4 Å². The summed E-state index contributed by atoms with van der Waals surface area (Å²) in [5.41, 5.74) is 1.30. The van der Waals surface area contributed by atoms with Crippen molar-refractivity contribution in [2.45, 2.75) is 13.8 Å². The maximum Gasteiger partial charge on any atom is 0.339 e. The summed E-state index contributed by atoms with van der Waals surface area (Å²) in [7, 11) is 0. The number of aromatic carboxylic acids is 1. The first-order valence-electron chi connectivity index (χ1n) is 5.06. The number of pyridine rings is 1. The predicted molar refractivity (Wildman–Crippen MR) is 60.3 cm³/mol. The molecule has 2 rings (SSSR count). The van der Waals surface area contributed by atoms with E-state index < -0.39 is 5.97 Å². The third kappa shape index (κ3) is 1.91. The molecule has 0 unspecified atom stereocenters. The summed E-state index contributed by atoms with van der Waals surface area (Å²) in [6.07, 6.45) is 1.27. The minimum atomic E-state index is -1.09. The Hall–Kier alpha value is -2.75. The summed E-state index contributed by atoms with van der Waals surface area (Å²) in [6, 6.07) is 3.45. The average molecular weight is 243 g/mol. The lowest BCUT2D eigenvalue weighted by Gasteiger charge is -2.08. The van der Waals surface area contributed by atoms with Gasteiger partial charge in [-0.05, 0) is 25.5 Å². The molecule has 0 amide bonds. The van der Waals surface area contributed by atoms with Crippen LogP contribution in [-0.4, -0.2) is 30.8 Å². The number of carboxylic acids is 1. The van der Waals surface area contributed by atoms with Gasteiger partial charge in [-0.2, -0.15) is 5.26 Å². The molecule has 0 fully saturated rings. The molecule has 7 nitrogen and oxygen atoms in total. The zero-order valence-corrected chi connectivity index (χ0v) is 9.75. The van der Waals surface area contributed by atoms with Crippen molar-refractivity contribution in [2.75, 3.05) is 0 Å². The van der Waals surface area contributed by atoms with Crippen LogP contribution < -0.4 is 0 Å². The second kappa shape index (κ2) is 4.25. The molecule has 0 aliphatic rings. The molecule has 90 valence electrons. The van der Waals surface area contributed by atoms with Gasteiger partial charge in [-0.25, -0.2) is 19.4 Å². The van der Waals surface area contributed by atoms with Gasteiger partial charge >= 0.3 is 5.97 Å². The fourth-order valence-corrected chi connectivity index (χ4v) is 1.66. The summed E-state index contributed by atoms with van der Waals surface area (Å²) in [4.78, 5) is 19.1. The van der Waals surface area contributed by atoms with Crippen LogP contribution in [0, 0.1) is 25.2 Å². The van der Waals surface area contributed by atoms with E-state index in [9.17, 15) is 9.90 Å². The quantitative estimate of drug-likeness (QED) is 0.838. The van der Waals surface area contributed by atoms with Gasteiger partial charge in [-0.15, -0.1) is 5.10 Å². The van der Waals surface area contributed by atoms with Gasteiger partial charge in [0.2, 0.25) is 0 Å². The van der Waals surface area contributed by atoms with Crippen LogP contribution in [0.3, 0.4) is 0 Å². The summed E-state index contributed by atoms with van der Waals surface area (Å²) in [5, 5.41) is 21.7. The lowest BCUT2D eigenvalue weighted by Crippen LogP contribution is -2.11. The van der Waals surface area contributed by atoms with Crippen LogP contribution in [0.4, 0.5) is 0 Å². The van der Waals surface area contributed by atoms with Gasteiger partial charge in [0.1, 0.15) is 18.0 Å². The first kappa shape index (κ1) is 11.7. The Morgan fingerprint density at radius 1 is 1.50 bits per heavy atom. The van der Waals surface area contributed by atoms with E-state index in [0.717, 1.165) is 0 Å². The molecule has 7 heteroatoms. The van der Waals surface area contributed by atoms with E-state index >= 15 is 0 Å². The number of carboxylic acid groups (broad SMARTS) is 1. The Morgan fingerprint density at radius 2 is 2.22 bits per heavy atom. The van der Waals surface area contributed by atoms with Crippen molar-refractivity contribution in [1.82, 2.24) is 19.7 Å². The van der Waals surface area contributed by atoms with Crippen molar-refractivity contribution >= 4 is 5.97 Å². The van der Waals surface area contributed by atoms with E-state index in [4.69, 9.17) is 5.26 Å². The Kier molecular flexibility index (Phi) is 2.77. The highest BCUT2D eigenvalue weighted by Gasteiger charge is 2.18. The van der Waals surface area contributed by atoms with Gasteiger partial charge in [0.15, 0.2) is 5.82 Å². The molecule has 2 aromatic heterocycles. The van der Waals surface area contributed by atoms with Crippen LogP contribution in [0.25, 0.3) is 5.82 Å². The van der Waals surface area contributed by atoms with Gasteiger partial charge < -0.3 is 5.11 Å². The Morgan fingerprint density at radius 3 is 2.78 bits per heavy atom. The molecule has 0 aliphatic heterocycles. The molecule has 0 saturated carbocycles. The van der Waals surface area contributed by atoms with E-state index in [1.165, 1.54) is 11.0 Å². The summed E-state index contributed by atoms with van der Waals surface area (Å²) in [6.45, 7) is 3.44. The summed E-state index contributed by atoms with van der Waals surface area (Å²) >= 11 is 0. The van der Waals surface area contributed by atoms with E-state index in [1.54, 1.807) is 26.0 Å². The molecule has 0 aliphatic carbocycles. The first-order chi connectivity index (χ1) is 8.52. The van der Waals surface area contributed by atoms with Crippen molar-refractivity contribution in [1.29, 1.82) is 5.26 Å². The summed E-state index contributed by atoms with van der Waals surface area (Å²) in [5.74, 6) is -0.967. The van der Waals surface area contributed by atoms with Crippen molar-refractivity contribution in [3.63, 3.8) is 0 Å². The minimum Gasteiger partial charge on any atom is -0.478 e. The normalized spacial score (nSPS) is 10.1. The number of nitriles is 1. The van der Waals surface area contributed by atoms with E-state index in [-0.39, 0.29) is 17.2 Å². The topological polar surface area (TPSA) is 105 Å². The molecule has 2 heterocycles. The second-order valence-corrected chi connectivity index (χ2v) is 3.71. The minimum absolute atomic E-state index is 0.0349. The SMILES string of the molecule is Cc1cc(C)c(C(=O)O)c(-n2cnc(C#N)n2)n1. The van der Waals surface area contributed by atoms with E-state index in [1.807, 2.05) is 0 Å². The molecule has 2 aromatic rings. The highest BCUT2D eigenvalue weighted by atomic mass is 16.4. The number of nitrogens with zero attached hydrogens (tertiary/aromatic N) is 5. The molecule has 18 heavy (non-hydrogen) atoms. The van der Waals surface area contributed by atoms with Gasteiger partial charge in [-0.1, -0.05) is 0 Å². The fourth-order valence-electron chi connectivity index (χ4n) is 1.66. The predicted octanol–water partition coefficient (Wildman–Crippen LogP) is 0.849. The van der Waals surface area contributed by atoms with Crippen LogP contribution in [0.15, 0.2) is 12.4 Å². The van der Waals surface area contributed by atoms with Crippen LogP contribution in [-0.2, 0) is 0 Å². The molecule has 1 N–H and O–H groups in total. The Balaban J connectivity index is 2.69. The highest BCUT2D eigenvalue weighted by Crippen LogP contribution is 2.17. The number of carbonyl (C=O) groups is 1. The monoisotopic (exact) mass is 243 g/mol. The van der Waals surface area contributed by atoms with Crippen molar-refractivity contribution in [3.8, 4) is 11.9 Å². The van der Waals surface area contributed by atoms with Crippen LogP contribution in [0.5, 0.6) is 0 Å². The van der Waals surface area contributed by atoms with E-state index in [0.29, 0.717) is 11.3 Å². The largest absolute Gasteiger partial charge is 0.478 e. The average Bonchev–Trinajstić information content (AvgIpc) is 2.75. The Labute approximate surface area is 102 Å². The maximum atomic E-state index is 11.2. The lowest BCUT2D eigenvalue weighted by atomic mass is 10.1. The molecule has 0 atom stereocenters. The first-order valence-corrected chi connectivity index (χ1v) is 5.06. The maximum absolute atomic E-state index is 11.2. The van der Waals surface area contributed by atoms with Crippen molar-refractivity contribution < 1.29 is 9.90 Å². The van der Waals surface area contributed by atoms with Crippen molar-refractivity contribution in [2.24, 2.45) is 0 Å². The number of rotatable bonds is 2. The standard InChI is InChI=1S/C11H9N5O2/c1-6-3-7(2)14-10(9(6)11(17)18)16-5-13-8(4-12)15-16/h3,5H,1-2H3,(H,17,18). The zero-order valence-electron chi connectivity index (χ0n) is 9.75.